The maximum absolute atomic E-state index is 14.1. The van der Waals surface area contributed by atoms with E-state index in [4.69, 9.17) is 0 Å². The average molecular weight is 475 g/mol. The van der Waals surface area contributed by atoms with Crippen molar-refractivity contribution < 1.29 is 9.59 Å². The number of anilines is 1. The number of hydrogen-bond acceptors (Lipinski definition) is 4. The predicted molar refractivity (Wildman–Crippen MR) is 138 cm³/mol. The van der Waals surface area contributed by atoms with Crippen molar-refractivity contribution in [3.63, 3.8) is 0 Å². The number of benzene rings is 1. The van der Waals surface area contributed by atoms with Gasteiger partial charge in [-0.3, -0.25) is 19.5 Å². The van der Waals surface area contributed by atoms with Crippen LogP contribution in [0.2, 0.25) is 0 Å². The minimum atomic E-state index is -0.766. The van der Waals surface area contributed by atoms with Gasteiger partial charge in [0.25, 0.3) is 0 Å². The molecule has 35 heavy (non-hydrogen) atoms. The Labute approximate surface area is 208 Å². The number of nitrogens with zero attached hydrogens (tertiary/aromatic N) is 2. The maximum Gasteiger partial charge on any atom is 0.248 e. The number of rotatable bonds is 6. The second-order valence-electron chi connectivity index (χ2n) is 11.6. The van der Waals surface area contributed by atoms with Crippen molar-refractivity contribution in [2.24, 2.45) is 11.8 Å². The van der Waals surface area contributed by atoms with E-state index in [-0.39, 0.29) is 29.3 Å². The number of aromatic nitrogens is 1. The monoisotopic (exact) mass is 474 g/mol. The van der Waals surface area contributed by atoms with Gasteiger partial charge in [0.2, 0.25) is 11.8 Å². The molecule has 186 valence electrons. The summed E-state index contributed by atoms with van der Waals surface area (Å²) in [5.41, 5.74) is 2.68. The van der Waals surface area contributed by atoms with Crippen molar-refractivity contribution in [3.05, 3.63) is 59.9 Å². The van der Waals surface area contributed by atoms with Crippen LogP contribution in [0, 0.1) is 11.8 Å². The molecule has 2 saturated carbocycles. The lowest BCUT2D eigenvalue weighted by molar-refractivity contribution is -0.128. The fraction of sp³-hybridized carbons (Fsp3) is 0.552. The number of fused-ring (bicyclic) bond motifs is 1. The van der Waals surface area contributed by atoms with Gasteiger partial charge in [0.15, 0.2) is 0 Å². The van der Waals surface area contributed by atoms with Crippen molar-refractivity contribution in [2.45, 2.75) is 82.8 Å². The molecule has 2 amide bonds. The summed E-state index contributed by atoms with van der Waals surface area (Å²) in [6.45, 7) is 7.41. The first-order valence-electron chi connectivity index (χ1n) is 13.2. The Hall–Kier alpha value is -2.73. The quantitative estimate of drug-likeness (QED) is 0.646. The van der Waals surface area contributed by atoms with Crippen LogP contribution in [-0.4, -0.2) is 35.4 Å². The molecule has 1 unspecified atom stereocenters. The second kappa shape index (κ2) is 9.73. The van der Waals surface area contributed by atoms with Crippen LogP contribution in [-0.2, 0) is 15.0 Å². The summed E-state index contributed by atoms with van der Waals surface area (Å²) in [5.74, 6) is 0.812. The van der Waals surface area contributed by atoms with E-state index in [1.54, 1.807) is 17.3 Å². The van der Waals surface area contributed by atoms with E-state index in [0.29, 0.717) is 11.8 Å². The molecular formula is C29H38N4O2. The SMILES string of the molecule is CC(C)(C)c1ccc(N(C(=O)[C@@H]2NC[C@@H]3C[C@@H]32)C(C(=O)NC2CCCCC2)c2cccnc2)cc1. The van der Waals surface area contributed by atoms with Gasteiger partial charge in [-0.25, -0.2) is 0 Å². The number of amides is 2. The number of carbonyl (C=O) groups excluding carboxylic acids is 2. The molecule has 0 radical (unpaired) electrons. The summed E-state index contributed by atoms with van der Waals surface area (Å²) in [5, 5.41) is 6.72. The van der Waals surface area contributed by atoms with E-state index in [2.05, 4.69) is 48.5 Å². The van der Waals surface area contributed by atoms with Gasteiger partial charge in [-0.15, -0.1) is 0 Å². The van der Waals surface area contributed by atoms with E-state index in [0.717, 1.165) is 49.9 Å². The average Bonchev–Trinajstić information content (AvgIpc) is 3.51. The van der Waals surface area contributed by atoms with Gasteiger partial charge in [-0.05, 0) is 66.8 Å². The van der Waals surface area contributed by atoms with Crippen LogP contribution in [0.4, 0.5) is 5.69 Å². The van der Waals surface area contributed by atoms with E-state index in [1.165, 1.54) is 12.0 Å². The standard InChI is InChI=1S/C29H38N4O2/c1-29(2,3)21-11-13-23(14-12-21)33(28(35)25-24-16-20(24)18-31-25)26(19-8-7-15-30-17-19)27(34)32-22-9-5-4-6-10-22/h7-8,11-15,17,20,22,24-26,31H,4-6,9-10,16,18H2,1-3H3,(H,32,34)/t20-,24-,25+,26?/m0/s1. The smallest absolute Gasteiger partial charge is 0.248 e. The Morgan fingerprint density at radius 3 is 2.40 bits per heavy atom. The largest absolute Gasteiger partial charge is 0.351 e. The highest BCUT2D eigenvalue weighted by molar-refractivity contribution is 6.04. The number of pyridine rings is 1. The van der Waals surface area contributed by atoms with E-state index in [1.807, 2.05) is 24.3 Å². The summed E-state index contributed by atoms with van der Waals surface area (Å²) < 4.78 is 0. The number of carbonyl (C=O) groups is 2. The first-order chi connectivity index (χ1) is 16.8. The molecule has 4 atom stereocenters. The Kier molecular flexibility index (Phi) is 6.67. The zero-order valence-electron chi connectivity index (χ0n) is 21.2. The van der Waals surface area contributed by atoms with Crippen LogP contribution >= 0.6 is 0 Å². The van der Waals surface area contributed by atoms with Crippen molar-refractivity contribution in [2.75, 3.05) is 11.4 Å². The first kappa shape index (κ1) is 24.0. The fourth-order valence-electron chi connectivity index (χ4n) is 5.77. The molecule has 3 aliphatic rings. The highest BCUT2D eigenvalue weighted by atomic mass is 16.2. The maximum atomic E-state index is 14.1. The zero-order chi connectivity index (χ0) is 24.6. The van der Waals surface area contributed by atoms with Crippen LogP contribution in [0.1, 0.15) is 76.5 Å². The Balaban J connectivity index is 1.53. The number of piperidine rings is 1. The number of hydrogen-bond donors (Lipinski definition) is 2. The van der Waals surface area contributed by atoms with Gasteiger partial charge in [-0.1, -0.05) is 58.2 Å². The molecule has 1 aromatic heterocycles. The van der Waals surface area contributed by atoms with Gasteiger partial charge in [0.1, 0.15) is 6.04 Å². The van der Waals surface area contributed by atoms with E-state index in [9.17, 15) is 9.59 Å². The van der Waals surface area contributed by atoms with Crippen LogP contribution in [0.15, 0.2) is 48.8 Å². The van der Waals surface area contributed by atoms with Gasteiger partial charge >= 0.3 is 0 Å². The molecule has 6 nitrogen and oxygen atoms in total. The fourth-order valence-corrected chi connectivity index (χ4v) is 5.77. The van der Waals surface area contributed by atoms with E-state index >= 15 is 0 Å². The lowest BCUT2D eigenvalue weighted by atomic mass is 9.87. The van der Waals surface area contributed by atoms with Crippen molar-refractivity contribution >= 4 is 17.5 Å². The summed E-state index contributed by atoms with van der Waals surface area (Å²) in [7, 11) is 0. The molecule has 2 aliphatic carbocycles. The third-order valence-electron chi connectivity index (χ3n) is 7.98. The third kappa shape index (κ3) is 5.13. The molecule has 0 spiro atoms. The van der Waals surface area contributed by atoms with E-state index < -0.39 is 6.04 Å². The van der Waals surface area contributed by atoms with Gasteiger partial charge < -0.3 is 10.6 Å². The molecule has 1 aliphatic heterocycles. The minimum Gasteiger partial charge on any atom is -0.351 e. The Morgan fingerprint density at radius 2 is 1.83 bits per heavy atom. The normalized spacial score (nSPS) is 24.9. The highest BCUT2D eigenvalue weighted by Crippen LogP contribution is 2.46. The molecule has 2 aromatic rings. The molecule has 1 saturated heterocycles. The molecule has 2 N–H and O–H groups in total. The summed E-state index contributed by atoms with van der Waals surface area (Å²) >= 11 is 0. The van der Waals surface area contributed by atoms with Gasteiger partial charge in [0.05, 0.1) is 6.04 Å². The van der Waals surface area contributed by atoms with Crippen LogP contribution in [0.5, 0.6) is 0 Å². The molecule has 6 heteroatoms. The van der Waals surface area contributed by atoms with Crippen molar-refractivity contribution in [1.29, 1.82) is 0 Å². The van der Waals surface area contributed by atoms with Gasteiger partial charge in [0, 0.05) is 29.7 Å². The first-order valence-corrected chi connectivity index (χ1v) is 13.2. The molecule has 5 rings (SSSR count). The Morgan fingerprint density at radius 1 is 1.09 bits per heavy atom. The molecule has 3 fully saturated rings. The van der Waals surface area contributed by atoms with Crippen molar-refractivity contribution in [1.82, 2.24) is 15.6 Å². The topological polar surface area (TPSA) is 74.3 Å². The molecule has 2 heterocycles. The summed E-state index contributed by atoms with van der Waals surface area (Å²) in [6, 6.07) is 11.0. The van der Waals surface area contributed by atoms with Crippen LogP contribution < -0.4 is 15.5 Å². The lowest BCUT2D eigenvalue weighted by Gasteiger charge is -2.35. The summed E-state index contributed by atoms with van der Waals surface area (Å²) in [6.07, 6.45) is 9.99. The number of nitrogens with one attached hydrogen (secondary N) is 2. The molecular weight excluding hydrogens is 436 g/mol. The molecule has 1 aromatic carbocycles. The van der Waals surface area contributed by atoms with Crippen LogP contribution in [0.25, 0.3) is 0 Å². The highest BCUT2D eigenvalue weighted by Gasteiger charge is 2.53. The third-order valence-corrected chi connectivity index (χ3v) is 7.98. The van der Waals surface area contributed by atoms with Crippen LogP contribution in [0.3, 0.4) is 0 Å². The summed E-state index contributed by atoms with van der Waals surface area (Å²) in [4.78, 5) is 34.1. The second-order valence-corrected chi connectivity index (χ2v) is 11.6. The minimum absolute atomic E-state index is 0.00270. The zero-order valence-corrected chi connectivity index (χ0v) is 21.2. The van der Waals surface area contributed by atoms with Crippen molar-refractivity contribution in [3.8, 4) is 0 Å². The molecule has 0 bridgehead atoms. The lowest BCUT2D eigenvalue weighted by Crippen LogP contribution is -2.52. The predicted octanol–water partition coefficient (Wildman–Crippen LogP) is 4.51. The Bertz CT molecular complexity index is 1040. The van der Waals surface area contributed by atoms with Gasteiger partial charge in [-0.2, -0.15) is 0 Å².